The van der Waals surface area contributed by atoms with E-state index in [1.807, 2.05) is 32.1 Å². The molecular weight excluding hydrogens is 388 g/mol. The molecule has 2 heterocycles. The van der Waals surface area contributed by atoms with Crippen LogP contribution in [-0.2, 0) is 9.53 Å². The Morgan fingerprint density at radius 1 is 1.23 bits per heavy atom. The molecule has 0 aliphatic carbocycles. The summed E-state index contributed by atoms with van der Waals surface area (Å²) < 4.78 is 7.13. The molecule has 3 rings (SSSR count). The van der Waals surface area contributed by atoms with Gasteiger partial charge in [0.25, 0.3) is 5.69 Å². The number of nitrogens with zero attached hydrogens (tertiary/aromatic N) is 5. The van der Waals surface area contributed by atoms with Crippen LogP contribution >= 0.6 is 0 Å². The van der Waals surface area contributed by atoms with E-state index in [2.05, 4.69) is 20.5 Å². The fraction of sp³-hybridized carbons (Fsp3) is 0.500. The predicted octanol–water partition coefficient (Wildman–Crippen LogP) is 3.81. The maximum Gasteiger partial charge on any atom is 0.306 e. The highest BCUT2D eigenvalue weighted by Crippen LogP contribution is 2.25. The van der Waals surface area contributed by atoms with Crippen molar-refractivity contribution in [2.75, 3.05) is 11.9 Å². The predicted molar refractivity (Wildman–Crippen MR) is 112 cm³/mol. The Bertz CT molecular complexity index is 1090. The van der Waals surface area contributed by atoms with Crippen LogP contribution in [0.25, 0.3) is 16.7 Å². The van der Waals surface area contributed by atoms with Gasteiger partial charge in [-0.25, -0.2) is 4.98 Å². The standard InChI is InChI=1S/C20H26N6O4/c1-13-23-24-19-18(21-11-7-5-6-8-17(27)30-20(2,3)4)22-15-12-14(26(28)29)9-10-16(15)25(13)19/h9-10,12H,5-8,11H2,1-4H3,(H,21,22). The molecule has 30 heavy (non-hydrogen) atoms. The van der Waals surface area contributed by atoms with E-state index in [0.717, 1.165) is 19.3 Å². The fourth-order valence-electron chi connectivity index (χ4n) is 3.17. The number of rotatable bonds is 8. The number of aromatic nitrogens is 4. The highest BCUT2D eigenvalue weighted by Gasteiger charge is 2.17. The summed E-state index contributed by atoms with van der Waals surface area (Å²) in [5.41, 5.74) is 1.29. The number of fused-ring (bicyclic) bond motifs is 3. The number of nitro groups is 1. The molecule has 0 bridgehead atoms. The molecule has 0 amide bonds. The molecule has 0 spiro atoms. The molecule has 0 radical (unpaired) electrons. The minimum atomic E-state index is -0.461. The summed E-state index contributed by atoms with van der Waals surface area (Å²) >= 11 is 0. The van der Waals surface area contributed by atoms with Crippen LogP contribution in [0, 0.1) is 17.0 Å². The second-order valence-corrected chi connectivity index (χ2v) is 8.12. The summed E-state index contributed by atoms with van der Waals surface area (Å²) in [4.78, 5) is 26.9. The summed E-state index contributed by atoms with van der Waals surface area (Å²) in [6.07, 6.45) is 2.82. The quantitative estimate of drug-likeness (QED) is 0.255. The molecule has 1 aromatic carbocycles. The van der Waals surface area contributed by atoms with Gasteiger partial charge in [0.15, 0.2) is 5.82 Å². The Morgan fingerprint density at radius 3 is 2.70 bits per heavy atom. The first-order chi connectivity index (χ1) is 14.2. The van der Waals surface area contributed by atoms with Crippen LogP contribution in [0.2, 0.25) is 0 Å². The van der Waals surface area contributed by atoms with Crippen LogP contribution in [0.15, 0.2) is 18.2 Å². The van der Waals surface area contributed by atoms with Gasteiger partial charge in [0.1, 0.15) is 11.4 Å². The van der Waals surface area contributed by atoms with Gasteiger partial charge >= 0.3 is 5.97 Å². The number of anilines is 1. The molecule has 0 fully saturated rings. The number of carbonyl (C=O) groups excluding carboxylic acids is 1. The molecule has 3 aromatic rings. The minimum Gasteiger partial charge on any atom is -0.460 e. The zero-order chi connectivity index (χ0) is 21.9. The van der Waals surface area contributed by atoms with Gasteiger partial charge in [0.05, 0.1) is 16.0 Å². The van der Waals surface area contributed by atoms with Gasteiger partial charge in [-0.1, -0.05) is 6.42 Å². The number of nitrogens with one attached hydrogen (secondary N) is 1. The van der Waals surface area contributed by atoms with Crippen LogP contribution in [0.5, 0.6) is 0 Å². The van der Waals surface area contributed by atoms with Crippen molar-refractivity contribution in [3.8, 4) is 0 Å². The van der Waals surface area contributed by atoms with Crippen LogP contribution < -0.4 is 5.32 Å². The largest absolute Gasteiger partial charge is 0.460 e. The number of carbonyl (C=O) groups is 1. The first-order valence-corrected chi connectivity index (χ1v) is 9.91. The molecule has 0 aliphatic heterocycles. The van der Waals surface area contributed by atoms with Crippen molar-refractivity contribution in [3.63, 3.8) is 0 Å². The lowest BCUT2D eigenvalue weighted by atomic mass is 10.1. The van der Waals surface area contributed by atoms with Crippen molar-refractivity contribution in [1.82, 2.24) is 19.6 Å². The summed E-state index contributed by atoms with van der Waals surface area (Å²) in [7, 11) is 0. The molecule has 10 nitrogen and oxygen atoms in total. The fourth-order valence-corrected chi connectivity index (χ4v) is 3.17. The Balaban J connectivity index is 1.65. The van der Waals surface area contributed by atoms with Crippen LogP contribution in [0.1, 0.15) is 52.3 Å². The van der Waals surface area contributed by atoms with Gasteiger partial charge < -0.3 is 10.1 Å². The summed E-state index contributed by atoms with van der Waals surface area (Å²) in [6.45, 7) is 8.01. The van der Waals surface area contributed by atoms with Crippen LogP contribution in [0.4, 0.5) is 11.5 Å². The van der Waals surface area contributed by atoms with Gasteiger partial charge in [-0.15, -0.1) is 10.2 Å². The third-order valence-corrected chi connectivity index (χ3v) is 4.45. The number of nitro benzene ring substituents is 1. The number of hydrogen-bond acceptors (Lipinski definition) is 8. The van der Waals surface area contributed by atoms with E-state index in [1.165, 1.54) is 12.1 Å². The maximum atomic E-state index is 11.7. The van der Waals surface area contributed by atoms with E-state index in [9.17, 15) is 14.9 Å². The molecule has 0 saturated carbocycles. The number of aryl methyl sites for hydroxylation is 1. The van der Waals surface area contributed by atoms with Crippen molar-refractivity contribution >= 4 is 34.2 Å². The third kappa shape index (κ3) is 5.00. The monoisotopic (exact) mass is 414 g/mol. The topological polar surface area (TPSA) is 125 Å². The molecule has 1 N–H and O–H groups in total. The van der Waals surface area contributed by atoms with Crippen LogP contribution in [-0.4, -0.2) is 42.6 Å². The van der Waals surface area contributed by atoms with E-state index in [4.69, 9.17) is 4.74 Å². The maximum absolute atomic E-state index is 11.7. The summed E-state index contributed by atoms with van der Waals surface area (Å²) in [6, 6.07) is 4.55. The smallest absolute Gasteiger partial charge is 0.306 e. The van der Waals surface area contributed by atoms with Crippen LogP contribution in [0.3, 0.4) is 0 Å². The summed E-state index contributed by atoms with van der Waals surface area (Å²) in [5.74, 6) is 1.01. The van der Waals surface area contributed by atoms with Crippen molar-refractivity contribution < 1.29 is 14.5 Å². The van der Waals surface area contributed by atoms with Gasteiger partial charge in [-0.2, -0.15) is 0 Å². The van der Waals surface area contributed by atoms with E-state index >= 15 is 0 Å². The molecular formula is C20H26N6O4. The van der Waals surface area contributed by atoms with Crippen molar-refractivity contribution in [2.45, 2.75) is 59.0 Å². The number of hydrogen-bond donors (Lipinski definition) is 1. The SMILES string of the molecule is Cc1nnc2c(NCCCCCC(=O)OC(C)(C)C)nc3cc([N+](=O)[O-])ccc3n12. The van der Waals surface area contributed by atoms with E-state index in [0.29, 0.717) is 41.3 Å². The normalized spacial score (nSPS) is 11.7. The number of unbranched alkanes of at least 4 members (excludes halogenated alkanes) is 2. The second-order valence-electron chi connectivity index (χ2n) is 8.12. The van der Waals surface area contributed by atoms with E-state index in [1.54, 1.807) is 6.07 Å². The lowest BCUT2D eigenvalue weighted by Gasteiger charge is -2.19. The number of benzene rings is 1. The average Bonchev–Trinajstić information content (AvgIpc) is 3.04. The highest BCUT2D eigenvalue weighted by atomic mass is 16.6. The molecule has 10 heteroatoms. The van der Waals surface area contributed by atoms with Gasteiger partial charge in [0.2, 0.25) is 5.65 Å². The zero-order valence-corrected chi connectivity index (χ0v) is 17.6. The van der Waals surface area contributed by atoms with Crippen molar-refractivity contribution in [1.29, 1.82) is 0 Å². The molecule has 0 saturated heterocycles. The number of esters is 1. The molecule has 2 aromatic heterocycles. The molecule has 0 atom stereocenters. The molecule has 160 valence electrons. The second kappa shape index (κ2) is 8.60. The van der Waals surface area contributed by atoms with Gasteiger partial charge in [0, 0.05) is 25.1 Å². The first-order valence-electron chi connectivity index (χ1n) is 9.91. The van der Waals surface area contributed by atoms with Crippen molar-refractivity contribution in [2.24, 2.45) is 0 Å². The molecule has 0 unspecified atom stereocenters. The number of non-ortho nitro benzene ring substituents is 1. The third-order valence-electron chi connectivity index (χ3n) is 4.45. The minimum absolute atomic E-state index is 0.0202. The van der Waals surface area contributed by atoms with Crippen molar-refractivity contribution in [3.05, 3.63) is 34.1 Å². The molecule has 0 aliphatic rings. The lowest BCUT2D eigenvalue weighted by Crippen LogP contribution is -2.23. The lowest BCUT2D eigenvalue weighted by molar-refractivity contribution is -0.384. The van der Waals surface area contributed by atoms with E-state index in [-0.39, 0.29) is 11.7 Å². The van der Waals surface area contributed by atoms with Gasteiger partial charge in [-0.05, 0) is 46.6 Å². The van der Waals surface area contributed by atoms with Gasteiger partial charge in [-0.3, -0.25) is 19.3 Å². The summed E-state index contributed by atoms with van der Waals surface area (Å²) in [5, 5.41) is 22.7. The zero-order valence-electron chi connectivity index (χ0n) is 17.6. The Labute approximate surface area is 173 Å². The number of ether oxygens (including phenoxy) is 1. The average molecular weight is 414 g/mol. The van der Waals surface area contributed by atoms with E-state index < -0.39 is 10.5 Å². The highest BCUT2D eigenvalue weighted by molar-refractivity contribution is 5.84. The Morgan fingerprint density at radius 2 is 2.00 bits per heavy atom. The first kappa shape index (κ1) is 21.4. The Kier molecular flexibility index (Phi) is 6.14. The Hall–Kier alpha value is -3.30.